The van der Waals surface area contributed by atoms with Gasteiger partial charge in [0.2, 0.25) is 15.9 Å². The van der Waals surface area contributed by atoms with Gasteiger partial charge in [-0.15, -0.1) is 11.3 Å². The van der Waals surface area contributed by atoms with E-state index in [1.165, 1.54) is 17.4 Å². The molecule has 1 N–H and O–H groups in total. The normalized spacial score (nSPS) is 16.5. The Labute approximate surface area is 177 Å². The number of hydrogen-bond acceptors (Lipinski definition) is 5. The number of aromatic nitrogens is 1. The third-order valence-corrected chi connectivity index (χ3v) is 7.76. The number of amides is 1. The average molecular weight is 462 g/mol. The lowest BCUT2D eigenvalue weighted by molar-refractivity contribution is -0.139. The molecule has 30 heavy (non-hydrogen) atoms. The summed E-state index contributed by atoms with van der Waals surface area (Å²) in [6.45, 7) is 2.33. The number of piperidine rings is 1. The van der Waals surface area contributed by atoms with Crippen molar-refractivity contribution in [2.75, 3.05) is 19.6 Å². The number of benzene rings is 1. The van der Waals surface area contributed by atoms with Crippen molar-refractivity contribution < 1.29 is 26.4 Å². The number of alkyl halides is 3. The Morgan fingerprint density at radius 2 is 1.93 bits per heavy atom. The zero-order valence-corrected chi connectivity index (χ0v) is 17.9. The number of nitrogens with one attached hydrogen (secondary N) is 1. The molecule has 0 unspecified atom stereocenters. The Balaban J connectivity index is 1.58. The number of hydrogen-bond donors (Lipinski definition) is 1. The average Bonchev–Trinajstić information content (AvgIpc) is 3.12. The van der Waals surface area contributed by atoms with Crippen LogP contribution in [-0.2, 0) is 27.4 Å². The van der Waals surface area contributed by atoms with E-state index in [0.717, 1.165) is 33.2 Å². The number of halogens is 3. The molecule has 1 saturated heterocycles. The summed E-state index contributed by atoms with van der Waals surface area (Å²) in [7, 11) is -4.30. The standard InChI is InChI=1S/C19H22F3N3O3S2/c1-13-24-15(12-29-13)6-9-23-18(26)14-7-10-25(11-8-14)30(27,28)17-5-3-2-4-16(17)19(20,21)22/h2-5,12,14H,6-11H2,1H3,(H,23,26). The van der Waals surface area contributed by atoms with Crippen LogP contribution in [0.15, 0.2) is 34.5 Å². The Morgan fingerprint density at radius 1 is 1.27 bits per heavy atom. The fourth-order valence-electron chi connectivity index (χ4n) is 3.40. The number of aryl methyl sites for hydroxylation is 1. The highest BCUT2D eigenvalue weighted by Crippen LogP contribution is 2.36. The van der Waals surface area contributed by atoms with E-state index in [9.17, 15) is 26.4 Å². The molecule has 0 bridgehead atoms. The summed E-state index contributed by atoms with van der Waals surface area (Å²) < 4.78 is 66.2. The Hall–Kier alpha value is -1.98. The van der Waals surface area contributed by atoms with Gasteiger partial charge in [0.1, 0.15) is 0 Å². The molecule has 1 aromatic carbocycles. The first-order valence-electron chi connectivity index (χ1n) is 9.44. The number of carbonyl (C=O) groups excluding carboxylic acids is 1. The lowest BCUT2D eigenvalue weighted by Crippen LogP contribution is -2.43. The largest absolute Gasteiger partial charge is 0.417 e. The summed E-state index contributed by atoms with van der Waals surface area (Å²) in [6.07, 6.45) is -3.64. The Kier molecular flexibility index (Phi) is 6.83. The second-order valence-corrected chi connectivity index (χ2v) is 10.0. The second-order valence-electron chi connectivity index (χ2n) is 7.07. The lowest BCUT2D eigenvalue weighted by atomic mass is 9.97. The van der Waals surface area contributed by atoms with Gasteiger partial charge in [0.15, 0.2) is 0 Å². The SMILES string of the molecule is Cc1nc(CCNC(=O)C2CCN(S(=O)(=O)c3ccccc3C(F)(F)F)CC2)cs1. The molecule has 0 saturated carbocycles. The molecular formula is C19H22F3N3O3S2. The summed E-state index contributed by atoms with van der Waals surface area (Å²) in [5, 5.41) is 5.72. The van der Waals surface area contributed by atoms with Crippen molar-refractivity contribution >= 4 is 27.3 Å². The van der Waals surface area contributed by atoms with Crippen LogP contribution in [0.2, 0.25) is 0 Å². The van der Waals surface area contributed by atoms with Crippen molar-refractivity contribution in [3.05, 3.63) is 45.9 Å². The summed E-state index contributed by atoms with van der Waals surface area (Å²) in [4.78, 5) is 15.9. The van der Waals surface area contributed by atoms with Gasteiger partial charge in [0, 0.05) is 37.4 Å². The van der Waals surface area contributed by atoms with Gasteiger partial charge < -0.3 is 5.32 Å². The van der Waals surface area contributed by atoms with E-state index in [4.69, 9.17) is 0 Å². The topological polar surface area (TPSA) is 79.4 Å². The van der Waals surface area contributed by atoms with Crippen LogP contribution in [0.25, 0.3) is 0 Å². The van der Waals surface area contributed by atoms with Gasteiger partial charge in [-0.3, -0.25) is 4.79 Å². The maximum Gasteiger partial charge on any atom is 0.417 e. The molecule has 0 spiro atoms. The maximum atomic E-state index is 13.2. The number of carbonyl (C=O) groups is 1. The zero-order valence-electron chi connectivity index (χ0n) is 16.3. The van der Waals surface area contributed by atoms with Crippen molar-refractivity contribution in [1.82, 2.24) is 14.6 Å². The maximum absolute atomic E-state index is 13.2. The highest BCUT2D eigenvalue weighted by atomic mass is 32.2. The van der Waals surface area contributed by atoms with Gasteiger partial charge in [-0.1, -0.05) is 12.1 Å². The minimum absolute atomic E-state index is 0.00209. The third-order valence-electron chi connectivity index (χ3n) is 4.98. The van der Waals surface area contributed by atoms with Crippen LogP contribution >= 0.6 is 11.3 Å². The molecule has 1 aliphatic rings. The molecular weight excluding hydrogens is 439 g/mol. The smallest absolute Gasteiger partial charge is 0.355 e. The highest BCUT2D eigenvalue weighted by Gasteiger charge is 2.40. The molecule has 1 aromatic heterocycles. The van der Waals surface area contributed by atoms with Crippen LogP contribution in [0.4, 0.5) is 13.2 Å². The lowest BCUT2D eigenvalue weighted by Gasteiger charge is -2.31. The summed E-state index contributed by atoms with van der Waals surface area (Å²) in [5.74, 6) is -0.541. The quantitative estimate of drug-likeness (QED) is 0.717. The van der Waals surface area contributed by atoms with Crippen LogP contribution in [0.5, 0.6) is 0 Å². The van der Waals surface area contributed by atoms with E-state index < -0.39 is 26.7 Å². The molecule has 0 radical (unpaired) electrons. The summed E-state index contributed by atoms with van der Waals surface area (Å²) in [5.41, 5.74) is -0.274. The zero-order chi connectivity index (χ0) is 21.9. The molecule has 0 atom stereocenters. The highest BCUT2D eigenvalue weighted by molar-refractivity contribution is 7.89. The number of rotatable bonds is 6. The van der Waals surface area contributed by atoms with Crippen LogP contribution < -0.4 is 5.32 Å². The monoisotopic (exact) mass is 461 g/mol. The molecule has 1 fully saturated rings. The van der Waals surface area contributed by atoms with Crippen molar-refractivity contribution in [2.24, 2.45) is 5.92 Å². The van der Waals surface area contributed by atoms with Crippen LogP contribution in [0.1, 0.15) is 29.1 Å². The van der Waals surface area contributed by atoms with Crippen LogP contribution in [0.3, 0.4) is 0 Å². The first-order valence-corrected chi connectivity index (χ1v) is 11.8. The third kappa shape index (κ3) is 5.19. The Morgan fingerprint density at radius 3 is 2.53 bits per heavy atom. The molecule has 3 rings (SSSR count). The van der Waals surface area contributed by atoms with E-state index >= 15 is 0 Å². The molecule has 11 heteroatoms. The fraction of sp³-hybridized carbons (Fsp3) is 0.474. The van der Waals surface area contributed by atoms with Crippen molar-refractivity contribution in [3.8, 4) is 0 Å². The van der Waals surface area contributed by atoms with Crippen LogP contribution in [-0.4, -0.2) is 43.2 Å². The number of sulfonamides is 1. The molecule has 0 aliphatic carbocycles. The number of nitrogens with zero attached hydrogens (tertiary/aromatic N) is 2. The molecule has 6 nitrogen and oxygen atoms in total. The van der Waals surface area contributed by atoms with E-state index in [0.29, 0.717) is 13.0 Å². The van der Waals surface area contributed by atoms with E-state index in [2.05, 4.69) is 10.3 Å². The summed E-state index contributed by atoms with van der Waals surface area (Å²) in [6, 6.07) is 4.16. The minimum Gasteiger partial charge on any atom is -0.355 e. The van der Waals surface area contributed by atoms with Crippen molar-refractivity contribution in [2.45, 2.75) is 37.3 Å². The van der Waals surface area contributed by atoms with Gasteiger partial charge in [-0.05, 0) is 31.9 Å². The van der Waals surface area contributed by atoms with Crippen molar-refractivity contribution in [3.63, 3.8) is 0 Å². The molecule has 2 aromatic rings. The summed E-state index contributed by atoms with van der Waals surface area (Å²) >= 11 is 1.54. The van der Waals surface area contributed by atoms with Gasteiger partial charge in [-0.2, -0.15) is 17.5 Å². The van der Waals surface area contributed by atoms with Crippen molar-refractivity contribution in [1.29, 1.82) is 0 Å². The predicted molar refractivity (Wildman–Crippen MR) is 106 cm³/mol. The van der Waals surface area contributed by atoms with Gasteiger partial charge >= 0.3 is 6.18 Å². The molecule has 1 aliphatic heterocycles. The van der Waals surface area contributed by atoms with Crippen LogP contribution in [0, 0.1) is 12.8 Å². The fourth-order valence-corrected chi connectivity index (χ4v) is 5.73. The van der Waals surface area contributed by atoms with E-state index in [1.54, 1.807) is 0 Å². The van der Waals surface area contributed by atoms with E-state index in [1.807, 2.05) is 12.3 Å². The van der Waals surface area contributed by atoms with Gasteiger partial charge in [0.25, 0.3) is 0 Å². The van der Waals surface area contributed by atoms with E-state index in [-0.39, 0.29) is 37.8 Å². The Bertz CT molecular complexity index is 998. The minimum atomic E-state index is -4.77. The second kappa shape index (κ2) is 9.03. The molecule has 2 heterocycles. The molecule has 1 amide bonds. The first kappa shape index (κ1) is 22.7. The number of thiazole rings is 1. The van der Waals surface area contributed by atoms with Gasteiger partial charge in [0.05, 0.1) is 21.2 Å². The first-order chi connectivity index (χ1) is 14.1. The predicted octanol–water partition coefficient (Wildman–Crippen LogP) is 3.23. The van der Waals surface area contributed by atoms with Gasteiger partial charge in [-0.25, -0.2) is 13.4 Å². The molecule has 164 valence electrons.